The van der Waals surface area contributed by atoms with Gasteiger partial charge in [-0.25, -0.2) is 10.4 Å². The number of nitrogens with zero attached hydrogens (tertiary/aromatic N) is 1. The molecule has 1 aliphatic heterocycles. The number of carbonyl (C=O) groups is 1. The van der Waals surface area contributed by atoms with Crippen LogP contribution in [0.15, 0.2) is 30.3 Å². The van der Waals surface area contributed by atoms with Gasteiger partial charge in [-0.15, -0.1) is 0 Å². The van der Waals surface area contributed by atoms with Crippen molar-refractivity contribution in [3.05, 3.63) is 35.9 Å². The van der Waals surface area contributed by atoms with Crippen molar-refractivity contribution in [1.29, 1.82) is 0 Å². The summed E-state index contributed by atoms with van der Waals surface area (Å²) in [5.74, 6) is -0.399. The van der Waals surface area contributed by atoms with Gasteiger partial charge in [0.1, 0.15) is 5.60 Å². The predicted molar refractivity (Wildman–Crippen MR) is 104 cm³/mol. The molecule has 1 N–H and O–H groups in total. The van der Waals surface area contributed by atoms with E-state index >= 15 is 0 Å². The number of esters is 1. The lowest BCUT2D eigenvalue weighted by molar-refractivity contribution is -0.162. The molecule has 0 saturated carbocycles. The number of methoxy groups -OCH3 is 1. The lowest BCUT2D eigenvalue weighted by atomic mass is 9.91. The third-order valence-corrected chi connectivity index (χ3v) is 4.75. The Bertz CT molecular complexity index is 556. The van der Waals surface area contributed by atoms with Crippen molar-refractivity contribution in [2.45, 2.75) is 64.6 Å². The van der Waals surface area contributed by atoms with Crippen molar-refractivity contribution < 1.29 is 14.3 Å². The molecule has 0 radical (unpaired) electrons. The monoisotopic (exact) mass is 362 g/mol. The highest BCUT2D eigenvalue weighted by atomic mass is 16.6. The lowest BCUT2D eigenvalue weighted by Gasteiger charge is -2.34. The van der Waals surface area contributed by atoms with Crippen molar-refractivity contribution in [2.24, 2.45) is 5.92 Å². The number of benzene rings is 1. The van der Waals surface area contributed by atoms with E-state index in [1.807, 2.05) is 45.9 Å². The Balaban J connectivity index is 2.24. The molecule has 0 spiro atoms. The van der Waals surface area contributed by atoms with Crippen LogP contribution in [-0.2, 0) is 14.3 Å². The topological polar surface area (TPSA) is 50.8 Å². The molecule has 2 rings (SSSR count). The minimum Gasteiger partial charge on any atom is -0.460 e. The molecular formula is C21H34N2O3. The average molecular weight is 363 g/mol. The van der Waals surface area contributed by atoms with Crippen LogP contribution in [0.5, 0.6) is 0 Å². The fourth-order valence-corrected chi connectivity index (χ4v) is 3.52. The zero-order valence-corrected chi connectivity index (χ0v) is 16.8. The second kappa shape index (κ2) is 9.49. The molecule has 0 bridgehead atoms. The third-order valence-electron chi connectivity index (χ3n) is 4.75. The van der Waals surface area contributed by atoms with Gasteiger partial charge in [0.15, 0.2) is 0 Å². The summed E-state index contributed by atoms with van der Waals surface area (Å²) in [6.45, 7) is 9.44. The van der Waals surface area contributed by atoms with Crippen molar-refractivity contribution in [3.8, 4) is 0 Å². The predicted octanol–water partition coefficient (Wildman–Crippen LogP) is 3.71. The van der Waals surface area contributed by atoms with Crippen molar-refractivity contribution in [2.75, 3.05) is 20.3 Å². The van der Waals surface area contributed by atoms with Gasteiger partial charge in [-0.1, -0.05) is 37.3 Å². The maximum atomic E-state index is 12.9. The Morgan fingerprint density at radius 3 is 2.58 bits per heavy atom. The summed E-state index contributed by atoms with van der Waals surface area (Å²) < 4.78 is 11.1. The molecule has 5 heteroatoms. The Kier molecular flexibility index (Phi) is 7.62. The molecule has 1 heterocycles. The first-order valence-corrected chi connectivity index (χ1v) is 9.65. The molecule has 26 heavy (non-hydrogen) atoms. The SMILES string of the molecule is CC[C@H](C(=O)OC(C)(C)C)[C@@H](NN1CCC[C@H]1COC)c1ccccc1. The van der Waals surface area contributed by atoms with Crippen LogP contribution in [0.3, 0.4) is 0 Å². The number of carbonyl (C=O) groups excluding carboxylic acids is 1. The van der Waals surface area contributed by atoms with Crippen molar-refractivity contribution in [3.63, 3.8) is 0 Å². The van der Waals surface area contributed by atoms with Gasteiger partial charge in [0.25, 0.3) is 0 Å². The molecule has 1 saturated heterocycles. The summed E-state index contributed by atoms with van der Waals surface area (Å²) in [5.41, 5.74) is 4.25. The Hall–Kier alpha value is -1.43. The van der Waals surface area contributed by atoms with Gasteiger partial charge in [0.2, 0.25) is 0 Å². The van der Waals surface area contributed by atoms with Crippen LogP contribution in [0.1, 0.15) is 58.6 Å². The molecule has 0 amide bonds. The molecule has 1 aromatic carbocycles. The smallest absolute Gasteiger partial charge is 0.311 e. The average Bonchev–Trinajstić information content (AvgIpc) is 3.01. The molecule has 1 aliphatic rings. The number of ether oxygens (including phenoxy) is 2. The van der Waals surface area contributed by atoms with Crippen LogP contribution in [0, 0.1) is 5.92 Å². The van der Waals surface area contributed by atoms with E-state index in [0.717, 1.165) is 24.9 Å². The number of nitrogens with one attached hydrogen (secondary N) is 1. The number of hydrogen-bond acceptors (Lipinski definition) is 5. The van der Waals surface area contributed by atoms with E-state index in [4.69, 9.17) is 9.47 Å². The fraction of sp³-hybridized carbons (Fsp3) is 0.667. The molecule has 0 aliphatic carbocycles. The quantitative estimate of drug-likeness (QED) is 0.715. The summed E-state index contributed by atoms with van der Waals surface area (Å²) >= 11 is 0. The van der Waals surface area contributed by atoms with Crippen LogP contribution < -0.4 is 5.43 Å². The molecular weight excluding hydrogens is 328 g/mol. The van der Waals surface area contributed by atoms with E-state index in [0.29, 0.717) is 19.1 Å². The van der Waals surface area contributed by atoms with E-state index in [-0.39, 0.29) is 17.9 Å². The summed E-state index contributed by atoms with van der Waals surface area (Å²) in [6.07, 6.45) is 2.95. The van der Waals surface area contributed by atoms with Crippen LogP contribution in [0.2, 0.25) is 0 Å². The second-order valence-corrected chi connectivity index (χ2v) is 8.01. The van der Waals surface area contributed by atoms with E-state index in [2.05, 4.69) is 22.6 Å². The number of hydrogen-bond donors (Lipinski definition) is 1. The molecule has 5 nitrogen and oxygen atoms in total. The molecule has 146 valence electrons. The first kappa shape index (κ1) is 20.9. The minimum atomic E-state index is -0.488. The molecule has 3 atom stereocenters. The van der Waals surface area contributed by atoms with Crippen LogP contribution in [0.4, 0.5) is 0 Å². The van der Waals surface area contributed by atoms with Crippen molar-refractivity contribution >= 4 is 5.97 Å². The van der Waals surface area contributed by atoms with Gasteiger partial charge < -0.3 is 9.47 Å². The van der Waals surface area contributed by atoms with Gasteiger partial charge in [0, 0.05) is 19.7 Å². The van der Waals surface area contributed by atoms with E-state index < -0.39 is 5.60 Å². The van der Waals surface area contributed by atoms with Gasteiger partial charge in [0.05, 0.1) is 18.6 Å². The summed E-state index contributed by atoms with van der Waals surface area (Å²) in [4.78, 5) is 12.9. The molecule has 1 fully saturated rings. The third kappa shape index (κ3) is 5.79. The summed E-state index contributed by atoms with van der Waals surface area (Å²) in [7, 11) is 1.74. The number of hydrazine groups is 1. The molecule has 1 aromatic rings. The minimum absolute atomic E-state index is 0.117. The summed E-state index contributed by atoms with van der Waals surface area (Å²) in [5, 5.41) is 2.24. The Labute approximate surface area is 158 Å². The maximum Gasteiger partial charge on any atom is 0.311 e. The maximum absolute atomic E-state index is 12.9. The lowest BCUT2D eigenvalue weighted by Crippen LogP contribution is -2.48. The van der Waals surface area contributed by atoms with Gasteiger partial charge in [-0.3, -0.25) is 4.79 Å². The van der Waals surface area contributed by atoms with Crippen LogP contribution in [0.25, 0.3) is 0 Å². The first-order chi connectivity index (χ1) is 12.4. The largest absolute Gasteiger partial charge is 0.460 e. The first-order valence-electron chi connectivity index (χ1n) is 9.65. The zero-order chi connectivity index (χ0) is 19.2. The Morgan fingerprint density at radius 2 is 2.00 bits per heavy atom. The van der Waals surface area contributed by atoms with Crippen LogP contribution in [-0.4, -0.2) is 42.9 Å². The second-order valence-electron chi connectivity index (χ2n) is 8.01. The van der Waals surface area contributed by atoms with E-state index in [1.54, 1.807) is 7.11 Å². The summed E-state index contributed by atoms with van der Waals surface area (Å²) in [6, 6.07) is 10.4. The van der Waals surface area contributed by atoms with Gasteiger partial charge >= 0.3 is 5.97 Å². The Morgan fingerprint density at radius 1 is 1.31 bits per heavy atom. The normalized spacial score (nSPS) is 20.7. The molecule has 0 unspecified atom stereocenters. The highest BCUT2D eigenvalue weighted by Crippen LogP contribution is 2.29. The highest BCUT2D eigenvalue weighted by Gasteiger charge is 2.35. The van der Waals surface area contributed by atoms with Gasteiger partial charge in [-0.05, 0) is 45.6 Å². The van der Waals surface area contributed by atoms with E-state index in [1.165, 1.54) is 0 Å². The standard InChI is InChI=1S/C21H34N2O3/c1-6-18(20(24)26-21(2,3)4)19(16-11-8-7-9-12-16)22-23-14-10-13-17(23)15-25-5/h7-9,11-12,17-19,22H,6,10,13-15H2,1-5H3/t17-,18-,19-/m0/s1. The molecule has 0 aromatic heterocycles. The highest BCUT2D eigenvalue weighted by molar-refractivity contribution is 5.74. The van der Waals surface area contributed by atoms with E-state index in [9.17, 15) is 4.79 Å². The van der Waals surface area contributed by atoms with Crippen LogP contribution >= 0.6 is 0 Å². The fourth-order valence-electron chi connectivity index (χ4n) is 3.52. The zero-order valence-electron chi connectivity index (χ0n) is 16.8. The van der Waals surface area contributed by atoms with Gasteiger partial charge in [-0.2, -0.15) is 0 Å². The van der Waals surface area contributed by atoms with Crippen molar-refractivity contribution in [1.82, 2.24) is 10.4 Å². The number of rotatable bonds is 8.